The maximum absolute atomic E-state index is 13.0. The number of hydrogen-bond donors (Lipinski definition) is 4. The van der Waals surface area contributed by atoms with Crippen LogP contribution in [-0.2, 0) is 55.8 Å². The SMILES string of the molecule is CC/C=C\C/C=C\C/C=C\C/C=C\C/C=C\C/C=C\CCCCCCCCCCC(=O)OCC(COP(=O)(O)OCC(O)COP(=O)(O)OCC(O)COC(=O)CCCCCCCCCCCCCCCCCCCCC/C=C\C/C=C\C/C=C\C/C=C\C/C=C\CC)OC(=O)CCCCC/C=C\C/C=C\C/C=C\C/C=C\C/C=C\CC. The van der Waals surface area contributed by atoms with Gasteiger partial charge in [0.2, 0.25) is 0 Å². The minimum absolute atomic E-state index is 0.0570. The lowest BCUT2D eigenvalue weighted by Crippen LogP contribution is -2.30. The highest BCUT2D eigenvalue weighted by Gasteiger charge is 2.29. The van der Waals surface area contributed by atoms with Crippen LogP contribution in [0.15, 0.2) is 194 Å². The van der Waals surface area contributed by atoms with E-state index in [0.717, 1.165) is 186 Å². The Bertz CT molecular complexity index is 2910. The molecule has 0 aromatic heterocycles. The number of phosphoric ester groups is 2. The van der Waals surface area contributed by atoms with Gasteiger partial charge in [0.05, 0.1) is 26.4 Å². The Morgan fingerprint density at radius 2 is 0.427 bits per heavy atom. The quantitative estimate of drug-likeness (QED) is 0.0146. The first kappa shape index (κ1) is 111. The lowest BCUT2D eigenvalue weighted by Gasteiger charge is -2.21. The van der Waals surface area contributed by atoms with Crippen LogP contribution in [0.4, 0.5) is 0 Å². The molecular formula is C99H164O16P2. The van der Waals surface area contributed by atoms with Crippen molar-refractivity contribution in [2.24, 2.45) is 0 Å². The minimum Gasteiger partial charge on any atom is -0.463 e. The van der Waals surface area contributed by atoms with Crippen LogP contribution >= 0.6 is 15.6 Å². The maximum atomic E-state index is 13.0. The van der Waals surface area contributed by atoms with Gasteiger partial charge in [0.25, 0.3) is 0 Å². The normalized spacial score (nSPS) is 14.7. The van der Waals surface area contributed by atoms with Crippen LogP contribution < -0.4 is 0 Å². The molecule has 0 saturated heterocycles. The molecule has 0 heterocycles. The zero-order valence-electron chi connectivity index (χ0n) is 73.3. The van der Waals surface area contributed by atoms with Crippen molar-refractivity contribution in [3.05, 3.63) is 194 Å². The second kappa shape index (κ2) is 89.6. The van der Waals surface area contributed by atoms with Gasteiger partial charge in [-0.1, -0.05) is 369 Å². The number of rotatable bonds is 85. The van der Waals surface area contributed by atoms with Crippen molar-refractivity contribution in [1.82, 2.24) is 0 Å². The van der Waals surface area contributed by atoms with E-state index in [9.17, 15) is 43.5 Å². The van der Waals surface area contributed by atoms with E-state index in [4.69, 9.17) is 32.3 Å². The Morgan fingerprint density at radius 3 is 0.684 bits per heavy atom. The zero-order chi connectivity index (χ0) is 85.1. The molecule has 18 heteroatoms. The van der Waals surface area contributed by atoms with E-state index in [1.165, 1.54) is 109 Å². The van der Waals surface area contributed by atoms with Gasteiger partial charge in [-0.25, -0.2) is 9.13 Å². The number of aliphatic hydroxyl groups is 2. The van der Waals surface area contributed by atoms with Crippen molar-refractivity contribution in [2.45, 2.75) is 373 Å². The van der Waals surface area contributed by atoms with E-state index in [1.54, 1.807) is 0 Å². The van der Waals surface area contributed by atoms with Gasteiger partial charge in [0, 0.05) is 19.3 Å². The molecule has 0 aromatic carbocycles. The smallest absolute Gasteiger partial charge is 0.463 e. The number of aliphatic hydroxyl groups excluding tert-OH is 2. The molecule has 0 fully saturated rings. The van der Waals surface area contributed by atoms with Crippen LogP contribution in [0, 0.1) is 0 Å². The summed E-state index contributed by atoms with van der Waals surface area (Å²) in [5.74, 6) is -1.62. The van der Waals surface area contributed by atoms with Gasteiger partial charge in [-0.2, -0.15) is 0 Å². The van der Waals surface area contributed by atoms with E-state index in [0.29, 0.717) is 19.3 Å². The third-order valence-electron chi connectivity index (χ3n) is 18.8. The number of esters is 3. The molecule has 666 valence electrons. The number of carbonyl (C=O) groups is 3. The first-order valence-electron chi connectivity index (χ1n) is 45.7. The van der Waals surface area contributed by atoms with Crippen molar-refractivity contribution in [2.75, 3.05) is 39.6 Å². The molecule has 16 nitrogen and oxygen atoms in total. The Labute approximate surface area is 712 Å². The summed E-state index contributed by atoms with van der Waals surface area (Å²) >= 11 is 0. The predicted octanol–water partition coefficient (Wildman–Crippen LogP) is 28.2. The van der Waals surface area contributed by atoms with Crippen molar-refractivity contribution in [3.63, 3.8) is 0 Å². The molecule has 0 aromatic rings. The van der Waals surface area contributed by atoms with Crippen LogP contribution in [-0.4, -0.2) is 95.9 Å². The topological polar surface area (TPSA) is 231 Å². The predicted molar refractivity (Wildman–Crippen MR) is 491 cm³/mol. The lowest BCUT2D eigenvalue weighted by molar-refractivity contribution is -0.161. The highest BCUT2D eigenvalue weighted by molar-refractivity contribution is 7.47. The highest BCUT2D eigenvalue weighted by atomic mass is 31.2. The molecule has 0 aliphatic carbocycles. The van der Waals surface area contributed by atoms with E-state index in [1.807, 2.05) is 0 Å². The Hall–Kier alpha value is -5.61. The molecule has 5 atom stereocenters. The first-order chi connectivity index (χ1) is 57.2. The van der Waals surface area contributed by atoms with Crippen LogP contribution in [0.25, 0.3) is 0 Å². The number of carbonyl (C=O) groups excluding carboxylic acids is 3. The minimum atomic E-state index is -4.96. The van der Waals surface area contributed by atoms with Gasteiger partial charge in [0.1, 0.15) is 25.4 Å². The van der Waals surface area contributed by atoms with Crippen LogP contribution in [0.2, 0.25) is 0 Å². The van der Waals surface area contributed by atoms with Crippen LogP contribution in [0.1, 0.15) is 355 Å². The molecule has 0 amide bonds. The van der Waals surface area contributed by atoms with Crippen LogP contribution in [0.3, 0.4) is 0 Å². The fourth-order valence-electron chi connectivity index (χ4n) is 12.0. The summed E-state index contributed by atoms with van der Waals surface area (Å²) in [4.78, 5) is 58.9. The van der Waals surface area contributed by atoms with Crippen molar-refractivity contribution in [1.29, 1.82) is 0 Å². The summed E-state index contributed by atoms with van der Waals surface area (Å²) in [7, 11) is -9.83. The molecule has 0 spiro atoms. The fraction of sp³-hybridized carbons (Fsp3) is 0.646. The summed E-state index contributed by atoms with van der Waals surface area (Å²) in [6.45, 7) is 2.31. The molecule has 0 aliphatic rings. The Balaban J connectivity index is 4.54. The molecule has 4 N–H and O–H groups in total. The van der Waals surface area contributed by atoms with Crippen LogP contribution in [0.5, 0.6) is 0 Å². The molecular weight excluding hydrogens is 1510 g/mol. The standard InChI is InChI=1S/C99H164O16P2/c1-4-7-10-13-16-19-22-25-28-31-34-36-38-40-42-43-44-45-46-47-48-49-51-53-54-56-59-61-64-67-70-73-76-79-82-85-97(102)109-88-94(100)89-111-116(105,106)112-90-95(101)91-113-117(107,108)114-93-96(115-99(104)87-84-81-78-75-72-69-66-63-58-33-30-27-24-21-18-15-12-9-6-3)92-110-98(103)86-83-80-77-74-71-68-65-62-60-57-55-52-50-41-39-37-35-32-29-26-23-20-17-14-11-8-5-2/h7-12,16-21,25-30,34-37,40-42,50,55,57-58,63,69,72,94-96,100-101H,4-6,13-15,22-24,31-33,38-39,43-49,51-54,56,59-62,64-68,70-71,73-93H2,1-3H3,(H,105,106)(H,107,108)/b10-7-,11-8-,12-9-,19-16-,20-17-,21-18-,28-25-,29-26-,30-27-,36-34-,37-35-,42-40-,50-41-,57-55-,63-58-,72-69-. The second-order valence-corrected chi connectivity index (χ2v) is 32.9. The van der Waals surface area contributed by atoms with E-state index in [2.05, 4.69) is 215 Å². The van der Waals surface area contributed by atoms with Gasteiger partial charge >= 0.3 is 33.6 Å². The van der Waals surface area contributed by atoms with Gasteiger partial charge in [-0.05, 0) is 161 Å². The molecule has 117 heavy (non-hydrogen) atoms. The summed E-state index contributed by atoms with van der Waals surface area (Å²) in [5.41, 5.74) is 0. The van der Waals surface area contributed by atoms with Gasteiger partial charge in [-0.3, -0.25) is 32.5 Å². The summed E-state index contributed by atoms with van der Waals surface area (Å²) in [5, 5.41) is 20.7. The molecule has 0 aliphatic heterocycles. The third kappa shape index (κ3) is 91.0. The average molecular weight is 1670 g/mol. The zero-order valence-corrected chi connectivity index (χ0v) is 75.1. The largest absolute Gasteiger partial charge is 0.472 e. The fourth-order valence-corrected chi connectivity index (χ4v) is 13.6. The van der Waals surface area contributed by atoms with Gasteiger partial charge in [0.15, 0.2) is 6.10 Å². The molecule has 0 bridgehead atoms. The number of unbranched alkanes of at least 4 members (excludes halogenated alkanes) is 30. The summed E-state index contributed by atoms with van der Waals surface area (Å²) < 4.78 is 61.4. The highest BCUT2D eigenvalue weighted by Crippen LogP contribution is 2.45. The van der Waals surface area contributed by atoms with Crippen molar-refractivity contribution >= 4 is 33.6 Å². The molecule has 0 radical (unpaired) electrons. The third-order valence-corrected chi connectivity index (χ3v) is 20.7. The monoisotopic (exact) mass is 1670 g/mol. The van der Waals surface area contributed by atoms with Gasteiger partial charge in [-0.15, -0.1) is 0 Å². The number of allylic oxidation sites excluding steroid dienone is 32. The number of phosphoric acid groups is 2. The maximum Gasteiger partial charge on any atom is 0.472 e. The van der Waals surface area contributed by atoms with Crippen molar-refractivity contribution < 1.29 is 75.8 Å². The van der Waals surface area contributed by atoms with E-state index in [-0.39, 0.29) is 19.3 Å². The molecule has 0 saturated carbocycles. The van der Waals surface area contributed by atoms with Gasteiger partial charge < -0.3 is 34.2 Å². The first-order valence-corrected chi connectivity index (χ1v) is 48.7. The summed E-state index contributed by atoms with van der Waals surface area (Å²) in [6, 6.07) is 0. The van der Waals surface area contributed by atoms with E-state index >= 15 is 0 Å². The second-order valence-electron chi connectivity index (χ2n) is 30.0. The Morgan fingerprint density at radius 1 is 0.239 bits per heavy atom. The van der Waals surface area contributed by atoms with Crippen molar-refractivity contribution in [3.8, 4) is 0 Å². The summed E-state index contributed by atoms with van der Waals surface area (Å²) in [6.07, 6.45) is 119. The number of hydrogen-bond acceptors (Lipinski definition) is 14. The Kier molecular flexibility index (Phi) is 85.3. The molecule has 5 unspecified atom stereocenters. The average Bonchev–Trinajstić information content (AvgIpc) is 1.00. The lowest BCUT2D eigenvalue weighted by atomic mass is 10.0. The number of ether oxygens (including phenoxy) is 3. The molecule has 0 rings (SSSR count). The van der Waals surface area contributed by atoms with E-state index < -0.39 is 91.5 Å².